The maximum Gasteiger partial charge on any atom is 0.305 e. The van der Waals surface area contributed by atoms with Gasteiger partial charge in [0.2, 0.25) is 0 Å². The lowest BCUT2D eigenvalue weighted by molar-refractivity contribution is -0.143. The van der Waals surface area contributed by atoms with Gasteiger partial charge in [-0.05, 0) is 51.9 Å². The fourth-order valence-electron chi connectivity index (χ4n) is 6.47. The number of carbonyl (C=O) groups is 1. The molecule has 0 aliphatic carbocycles. The first-order valence-electron chi connectivity index (χ1n) is 22.6. The number of unbranched alkanes of at least 4 members (excludes halogenated alkanes) is 31. The molecule has 0 aromatic carbocycles. The summed E-state index contributed by atoms with van der Waals surface area (Å²) in [6.07, 6.45) is 52.9. The Balaban J connectivity index is 0. The van der Waals surface area contributed by atoms with Crippen LogP contribution >= 0.6 is 0 Å². The summed E-state index contributed by atoms with van der Waals surface area (Å²) in [6, 6.07) is 0. The van der Waals surface area contributed by atoms with Crippen molar-refractivity contribution in [3.05, 3.63) is 12.2 Å². The molecule has 0 aromatic heterocycles. The van der Waals surface area contributed by atoms with Gasteiger partial charge in [-0.15, -0.1) is 0 Å². The van der Waals surface area contributed by atoms with Crippen LogP contribution in [0.5, 0.6) is 0 Å². The number of rotatable bonds is 39. The Labute approximate surface area is 310 Å². The molecule has 0 saturated heterocycles. The lowest BCUT2D eigenvalue weighted by Gasteiger charge is -2.05. The van der Waals surface area contributed by atoms with Gasteiger partial charge in [-0.25, -0.2) is 0 Å². The predicted octanol–water partition coefficient (Wildman–Crippen LogP) is 15.9. The predicted molar refractivity (Wildman–Crippen MR) is 220 cm³/mol. The second-order valence-corrected chi connectivity index (χ2v) is 15.3. The molecule has 0 bridgehead atoms. The van der Waals surface area contributed by atoms with Crippen LogP contribution in [0, 0.1) is 0 Å². The van der Waals surface area contributed by atoms with E-state index in [-0.39, 0.29) is 12.1 Å². The zero-order valence-electron chi connectivity index (χ0n) is 34.4. The average Bonchev–Trinajstić information content (AvgIpc) is 3.09. The van der Waals surface area contributed by atoms with Crippen LogP contribution in [0.3, 0.4) is 0 Å². The van der Waals surface area contributed by atoms with E-state index in [2.05, 4.69) is 32.9 Å². The van der Waals surface area contributed by atoms with Crippen LogP contribution in [-0.2, 0) is 9.53 Å². The van der Waals surface area contributed by atoms with Crippen LogP contribution in [0.25, 0.3) is 0 Å². The van der Waals surface area contributed by atoms with Crippen molar-refractivity contribution < 1.29 is 14.6 Å². The Hall–Kier alpha value is -0.830. The van der Waals surface area contributed by atoms with Gasteiger partial charge in [0, 0.05) is 6.42 Å². The Morgan fingerprint density at radius 1 is 0.449 bits per heavy atom. The first-order chi connectivity index (χ1) is 24.1. The highest BCUT2D eigenvalue weighted by Crippen LogP contribution is 2.14. The van der Waals surface area contributed by atoms with Crippen LogP contribution < -0.4 is 0 Å². The number of ether oxygens (including phenoxy) is 1. The first-order valence-corrected chi connectivity index (χ1v) is 22.6. The smallest absolute Gasteiger partial charge is 0.305 e. The number of aliphatic hydroxyl groups excluding tert-OH is 1. The normalized spacial score (nSPS) is 11.9. The third-order valence-electron chi connectivity index (χ3n) is 9.88. The first kappa shape index (κ1) is 50.3. The summed E-state index contributed by atoms with van der Waals surface area (Å²) < 4.78 is 5.36. The van der Waals surface area contributed by atoms with Crippen molar-refractivity contribution in [2.45, 2.75) is 271 Å². The Kier molecular flexibility index (Phi) is 48.4. The minimum absolute atomic E-state index is 0.00979. The van der Waals surface area contributed by atoms with Crippen molar-refractivity contribution in [2.24, 2.45) is 0 Å². The molecular formula is C46H92O3. The fourth-order valence-corrected chi connectivity index (χ4v) is 6.47. The molecule has 0 rings (SSSR count). The van der Waals surface area contributed by atoms with E-state index in [0.29, 0.717) is 13.0 Å². The molecule has 0 amide bonds. The largest absolute Gasteiger partial charge is 0.466 e. The molecule has 0 heterocycles. The van der Waals surface area contributed by atoms with Crippen molar-refractivity contribution in [1.82, 2.24) is 0 Å². The van der Waals surface area contributed by atoms with Crippen LogP contribution in [0.4, 0.5) is 0 Å². The van der Waals surface area contributed by atoms with Gasteiger partial charge in [0.05, 0.1) is 12.7 Å². The van der Waals surface area contributed by atoms with E-state index in [1.54, 1.807) is 0 Å². The number of carbonyl (C=O) groups excluding carboxylic acids is 1. The van der Waals surface area contributed by atoms with Gasteiger partial charge in [-0.1, -0.05) is 219 Å². The van der Waals surface area contributed by atoms with Crippen molar-refractivity contribution in [3.8, 4) is 0 Å². The minimum Gasteiger partial charge on any atom is -0.466 e. The van der Waals surface area contributed by atoms with E-state index in [4.69, 9.17) is 9.84 Å². The SMILES string of the molecule is CCCCCCCC/C=C\CCCCCCCC(=O)OCCCCCCCCCC.CCCCCCCCCCCCCCCCC(C)O. The Bertz CT molecular complexity index is 613. The third-order valence-corrected chi connectivity index (χ3v) is 9.88. The fraction of sp³-hybridized carbons (Fsp3) is 0.935. The molecule has 0 radical (unpaired) electrons. The lowest BCUT2D eigenvalue weighted by atomic mass is 10.0. The molecule has 3 nitrogen and oxygen atoms in total. The molecule has 49 heavy (non-hydrogen) atoms. The molecule has 3 heteroatoms. The van der Waals surface area contributed by atoms with Gasteiger partial charge in [0.15, 0.2) is 0 Å². The van der Waals surface area contributed by atoms with E-state index in [0.717, 1.165) is 25.7 Å². The highest BCUT2D eigenvalue weighted by molar-refractivity contribution is 5.69. The highest BCUT2D eigenvalue weighted by Gasteiger charge is 2.02. The van der Waals surface area contributed by atoms with Gasteiger partial charge in [0.1, 0.15) is 0 Å². The zero-order valence-corrected chi connectivity index (χ0v) is 34.4. The van der Waals surface area contributed by atoms with Gasteiger partial charge in [-0.2, -0.15) is 0 Å². The monoisotopic (exact) mass is 693 g/mol. The van der Waals surface area contributed by atoms with Crippen molar-refractivity contribution in [3.63, 3.8) is 0 Å². The maximum absolute atomic E-state index is 11.8. The van der Waals surface area contributed by atoms with E-state index >= 15 is 0 Å². The molecule has 0 saturated carbocycles. The van der Waals surface area contributed by atoms with E-state index in [9.17, 15) is 4.79 Å². The molecule has 0 fully saturated rings. The van der Waals surface area contributed by atoms with Gasteiger partial charge < -0.3 is 9.84 Å². The van der Waals surface area contributed by atoms with Crippen molar-refractivity contribution in [2.75, 3.05) is 6.61 Å². The van der Waals surface area contributed by atoms with Crippen LogP contribution in [0.15, 0.2) is 12.2 Å². The Morgan fingerprint density at radius 3 is 1.12 bits per heavy atom. The molecule has 0 aliphatic heterocycles. The van der Waals surface area contributed by atoms with Crippen LogP contribution in [-0.4, -0.2) is 23.8 Å². The summed E-state index contributed by atoms with van der Waals surface area (Å²) in [6.45, 7) is 9.33. The summed E-state index contributed by atoms with van der Waals surface area (Å²) in [5.74, 6) is 0.00979. The summed E-state index contributed by atoms with van der Waals surface area (Å²) in [7, 11) is 0. The maximum atomic E-state index is 11.8. The number of aliphatic hydroxyl groups is 1. The number of esters is 1. The van der Waals surface area contributed by atoms with E-state index < -0.39 is 0 Å². The van der Waals surface area contributed by atoms with Gasteiger partial charge in [-0.3, -0.25) is 4.79 Å². The number of hydrogen-bond acceptors (Lipinski definition) is 3. The molecule has 1 N–H and O–H groups in total. The summed E-state index contributed by atoms with van der Waals surface area (Å²) in [5.41, 5.74) is 0. The molecule has 1 unspecified atom stereocenters. The summed E-state index contributed by atoms with van der Waals surface area (Å²) in [4.78, 5) is 11.8. The van der Waals surface area contributed by atoms with Crippen molar-refractivity contribution >= 4 is 5.97 Å². The molecule has 294 valence electrons. The van der Waals surface area contributed by atoms with Gasteiger partial charge >= 0.3 is 5.97 Å². The van der Waals surface area contributed by atoms with Crippen LogP contribution in [0.2, 0.25) is 0 Å². The molecule has 1 atom stereocenters. The topological polar surface area (TPSA) is 46.5 Å². The third kappa shape index (κ3) is 51.6. The van der Waals surface area contributed by atoms with Crippen molar-refractivity contribution in [1.29, 1.82) is 0 Å². The summed E-state index contributed by atoms with van der Waals surface area (Å²) >= 11 is 0. The summed E-state index contributed by atoms with van der Waals surface area (Å²) in [5, 5.41) is 9.14. The van der Waals surface area contributed by atoms with E-state index in [1.807, 2.05) is 6.92 Å². The second-order valence-electron chi connectivity index (χ2n) is 15.3. The highest BCUT2D eigenvalue weighted by atomic mass is 16.5. The molecule has 0 spiro atoms. The average molecular weight is 693 g/mol. The van der Waals surface area contributed by atoms with E-state index in [1.165, 1.54) is 205 Å². The zero-order chi connectivity index (χ0) is 36.1. The standard InChI is InChI=1S/C28H54O2.C18H38O/c1-3-5-7-9-11-13-14-15-16-17-18-19-20-22-24-26-28(29)30-27-25-23-21-12-10-8-6-4-2;1-3-4-5-6-7-8-9-10-11-12-13-14-15-16-17-18(2)19/h15-16H,3-14,17-27H2,1-2H3;18-19H,3-17H2,1-2H3/b16-15-;. The Morgan fingerprint density at radius 2 is 0.755 bits per heavy atom. The quantitative estimate of drug-likeness (QED) is 0.0396. The molecule has 0 aliphatic rings. The van der Waals surface area contributed by atoms with Crippen LogP contribution in [0.1, 0.15) is 265 Å². The molecular weight excluding hydrogens is 601 g/mol. The number of allylic oxidation sites excluding steroid dienone is 2. The van der Waals surface area contributed by atoms with Gasteiger partial charge in [0.25, 0.3) is 0 Å². The lowest BCUT2D eigenvalue weighted by Crippen LogP contribution is -2.05. The second kappa shape index (κ2) is 47.2. The minimum atomic E-state index is -0.0997. The number of hydrogen-bond donors (Lipinski definition) is 1. The molecule has 0 aromatic rings.